The van der Waals surface area contributed by atoms with Crippen LogP contribution in [0.3, 0.4) is 0 Å². The fourth-order valence-corrected chi connectivity index (χ4v) is 3.87. The predicted molar refractivity (Wildman–Crippen MR) is 108 cm³/mol. The second-order valence-electron chi connectivity index (χ2n) is 7.14. The first-order chi connectivity index (χ1) is 14.2. The van der Waals surface area contributed by atoms with Gasteiger partial charge in [-0.05, 0) is 23.3 Å². The van der Waals surface area contributed by atoms with Gasteiger partial charge >= 0.3 is 11.9 Å². The molecule has 5 nitrogen and oxygen atoms in total. The molecule has 1 unspecified atom stereocenters. The number of benzene rings is 3. The van der Waals surface area contributed by atoms with Gasteiger partial charge in [-0.2, -0.15) is 14.3 Å². The van der Waals surface area contributed by atoms with E-state index in [1.807, 2.05) is 84.9 Å². The second-order valence-corrected chi connectivity index (χ2v) is 7.14. The van der Waals surface area contributed by atoms with Gasteiger partial charge in [-0.25, -0.2) is 4.79 Å². The summed E-state index contributed by atoms with van der Waals surface area (Å²) in [5, 5.41) is 0. The van der Waals surface area contributed by atoms with Crippen molar-refractivity contribution < 1.29 is 18.9 Å². The van der Waals surface area contributed by atoms with E-state index in [2.05, 4.69) is 0 Å². The zero-order valence-electron chi connectivity index (χ0n) is 15.7. The second kappa shape index (κ2) is 7.02. The van der Waals surface area contributed by atoms with Gasteiger partial charge in [-0.3, -0.25) is 0 Å². The minimum atomic E-state index is -0.808. The molecule has 0 bridgehead atoms. The largest absolute Gasteiger partial charge is 0.501 e. The summed E-state index contributed by atoms with van der Waals surface area (Å²) in [5.74, 6) is 0.308. The van der Waals surface area contributed by atoms with Gasteiger partial charge in [0, 0.05) is 0 Å². The van der Waals surface area contributed by atoms with Crippen LogP contribution in [-0.2, 0) is 17.9 Å². The number of imide groups is 1. The summed E-state index contributed by atoms with van der Waals surface area (Å²) < 4.78 is 7.66. The number of rotatable bonds is 4. The molecule has 0 aliphatic carbocycles. The van der Waals surface area contributed by atoms with Gasteiger partial charge < -0.3 is 4.74 Å². The third-order valence-electron chi connectivity index (χ3n) is 5.27. The first kappa shape index (κ1) is 17.4. The number of carbonyl (C=O) groups excluding carboxylic acids is 2. The number of hydrogen-bond acceptors (Lipinski definition) is 3. The summed E-state index contributed by atoms with van der Waals surface area (Å²) in [7, 11) is 0. The number of nitrogens with zero attached hydrogens (tertiary/aromatic N) is 2. The Morgan fingerprint density at radius 3 is 2.14 bits per heavy atom. The monoisotopic (exact) mass is 383 g/mol. The van der Waals surface area contributed by atoms with E-state index in [9.17, 15) is 9.59 Å². The Labute approximate surface area is 168 Å². The molecule has 29 heavy (non-hydrogen) atoms. The van der Waals surface area contributed by atoms with E-state index in [1.165, 1.54) is 4.90 Å². The molecule has 5 rings (SSSR count). The van der Waals surface area contributed by atoms with Crippen molar-refractivity contribution in [3.8, 4) is 5.75 Å². The van der Waals surface area contributed by atoms with Crippen LogP contribution >= 0.6 is 0 Å². The van der Waals surface area contributed by atoms with E-state index < -0.39 is 6.10 Å². The third-order valence-corrected chi connectivity index (χ3v) is 5.27. The van der Waals surface area contributed by atoms with Crippen LogP contribution in [0.2, 0.25) is 0 Å². The van der Waals surface area contributed by atoms with Gasteiger partial charge in [0.1, 0.15) is 18.8 Å². The number of para-hydroxylation sites is 1. The normalized spacial score (nSPS) is 17.8. The molecule has 2 heterocycles. The molecule has 0 saturated carbocycles. The molecular formula is C24H19N2O3+. The number of amides is 3. The lowest BCUT2D eigenvalue weighted by Crippen LogP contribution is -2.57. The molecule has 1 atom stereocenters. The smallest absolute Gasteiger partial charge is 0.469 e. The Morgan fingerprint density at radius 1 is 0.793 bits per heavy atom. The van der Waals surface area contributed by atoms with Crippen molar-refractivity contribution in [2.75, 3.05) is 0 Å². The highest BCUT2D eigenvalue weighted by Gasteiger charge is 2.53. The first-order valence-electron chi connectivity index (χ1n) is 9.56. The van der Waals surface area contributed by atoms with Crippen LogP contribution < -0.4 is 4.74 Å². The fraction of sp³-hybridized carbons (Fsp3) is 0.125. The van der Waals surface area contributed by atoms with Gasteiger partial charge in [-0.15, -0.1) is 0 Å². The van der Waals surface area contributed by atoms with E-state index >= 15 is 0 Å². The summed E-state index contributed by atoms with van der Waals surface area (Å²) in [5.41, 5.74) is 3.32. The van der Waals surface area contributed by atoms with Crippen molar-refractivity contribution in [1.82, 2.24) is 4.90 Å². The summed E-state index contributed by atoms with van der Waals surface area (Å²) >= 11 is 0. The third kappa shape index (κ3) is 3.01. The highest BCUT2D eigenvalue weighted by Crippen LogP contribution is 2.33. The minimum absolute atomic E-state index is 0.216. The van der Waals surface area contributed by atoms with Crippen molar-refractivity contribution in [2.24, 2.45) is 0 Å². The van der Waals surface area contributed by atoms with Gasteiger partial charge in [0.25, 0.3) is 6.10 Å². The van der Waals surface area contributed by atoms with Crippen LogP contribution in [0.1, 0.15) is 16.7 Å². The van der Waals surface area contributed by atoms with Crippen molar-refractivity contribution >= 4 is 17.6 Å². The summed E-state index contributed by atoms with van der Waals surface area (Å²) in [6, 6.07) is 26.5. The quantitative estimate of drug-likeness (QED) is 0.647. The molecule has 142 valence electrons. The highest BCUT2D eigenvalue weighted by atomic mass is 16.5. The molecule has 0 fully saturated rings. The molecule has 0 spiro atoms. The van der Waals surface area contributed by atoms with Gasteiger partial charge in [0.05, 0.1) is 5.56 Å². The number of ether oxygens (including phenoxy) is 1. The lowest BCUT2D eigenvalue weighted by atomic mass is 10.0. The maximum atomic E-state index is 13.5. The lowest BCUT2D eigenvalue weighted by Gasteiger charge is -2.24. The SMILES string of the molecule is O=C1C2Oc3ccccc3C2=[N+](Cc2ccccc2)C(=O)N1Cc1ccccc1. The Bertz CT molecular complexity index is 1120. The van der Waals surface area contributed by atoms with Gasteiger partial charge in [0.2, 0.25) is 0 Å². The average Bonchev–Trinajstić information content (AvgIpc) is 3.15. The zero-order valence-corrected chi connectivity index (χ0v) is 15.7. The molecule has 0 radical (unpaired) electrons. The fourth-order valence-electron chi connectivity index (χ4n) is 3.87. The number of carbonyl (C=O) groups is 2. The van der Waals surface area contributed by atoms with Gasteiger partial charge in [-0.1, -0.05) is 72.8 Å². The molecule has 2 aliphatic heterocycles. The molecule has 0 saturated heterocycles. The van der Waals surface area contributed by atoms with Crippen LogP contribution in [0, 0.1) is 0 Å². The highest BCUT2D eigenvalue weighted by molar-refractivity contribution is 6.21. The van der Waals surface area contributed by atoms with Crippen LogP contribution in [0.15, 0.2) is 84.9 Å². The molecule has 0 aromatic heterocycles. The molecular weight excluding hydrogens is 364 g/mol. The van der Waals surface area contributed by atoms with Crippen molar-refractivity contribution in [3.05, 3.63) is 102 Å². The van der Waals surface area contributed by atoms with Gasteiger partial charge in [0.15, 0.2) is 5.71 Å². The zero-order chi connectivity index (χ0) is 19.8. The molecule has 3 aromatic rings. The topological polar surface area (TPSA) is 49.6 Å². The van der Waals surface area contributed by atoms with Crippen molar-refractivity contribution in [3.63, 3.8) is 0 Å². The van der Waals surface area contributed by atoms with Crippen molar-refractivity contribution in [1.29, 1.82) is 0 Å². The van der Waals surface area contributed by atoms with Crippen LogP contribution in [0.4, 0.5) is 4.79 Å². The summed E-state index contributed by atoms with van der Waals surface area (Å²) in [6.45, 7) is 0.592. The van der Waals surface area contributed by atoms with Crippen LogP contribution in [0.25, 0.3) is 0 Å². The number of urea groups is 1. The predicted octanol–water partition coefficient (Wildman–Crippen LogP) is 3.61. The number of hydrogen-bond donors (Lipinski definition) is 0. The maximum Gasteiger partial charge on any atom is 0.501 e. The first-order valence-corrected chi connectivity index (χ1v) is 9.56. The number of fused-ring (bicyclic) bond motifs is 3. The minimum Gasteiger partial charge on any atom is -0.469 e. The van der Waals surface area contributed by atoms with E-state index in [4.69, 9.17) is 4.74 Å². The molecule has 3 amide bonds. The molecule has 2 aliphatic rings. The molecule has 5 heteroatoms. The summed E-state index contributed by atoms with van der Waals surface area (Å²) in [4.78, 5) is 28.0. The Balaban J connectivity index is 1.61. The average molecular weight is 383 g/mol. The van der Waals surface area contributed by atoms with Crippen LogP contribution in [-0.4, -0.2) is 33.2 Å². The lowest BCUT2D eigenvalue weighted by molar-refractivity contribution is -0.457. The van der Waals surface area contributed by atoms with Crippen LogP contribution in [0.5, 0.6) is 5.75 Å². The Morgan fingerprint density at radius 2 is 1.41 bits per heavy atom. The Kier molecular flexibility index (Phi) is 4.21. The Hall–Kier alpha value is -3.73. The van der Waals surface area contributed by atoms with E-state index in [0.29, 0.717) is 18.0 Å². The molecule has 0 N–H and O–H groups in total. The summed E-state index contributed by atoms with van der Waals surface area (Å²) in [6.07, 6.45) is -0.808. The molecule has 3 aromatic carbocycles. The van der Waals surface area contributed by atoms with Crippen molar-refractivity contribution in [2.45, 2.75) is 19.2 Å². The van der Waals surface area contributed by atoms with E-state index in [0.717, 1.165) is 16.7 Å². The van der Waals surface area contributed by atoms with E-state index in [1.54, 1.807) is 4.58 Å². The van der Waals surface area contributed by atoms with E-state index in [-0.39, 0.29) is 18.5 Å². The maximum absolute atomic E-state index is 13.5. The standard InChI is InChI=1S/C24H19N2O3/c27-23-22-21(19-13-7-8-14-20(19)29-22)25(15-17-9-3-1-4-10-17)24(28)26(23)16-18-11-5-2-6-12-18/h1-14,22H,15-16H2/q+1.